The van der Waals surface area contributed by atoms with Crippen LogP contribution in [0, 0.1) is 3.57 Å². The summed E-state index contributed by atoms with van der Waals surface area (Å²) in [5, 5.41) is 0. The van der Waals surface area contributed by atoms with E-state index in [-0.39, 0.29) is 0 Å². The maximum absolute atomic E-state index is 7.08. The highest BCUT2D eigenvalue weighted by Gasteiger charge is 1.91. The van der Waals surface area contributed by atoms with Gasteiger partial charge in [0.1, 0.15) is 0 Å². The van der Waals surface area contributed by atoms with Crippen LogP contribution in [-0.4, -0.2) is 0 Å². The van der Waals surface area contributed by atoms with Crippen molar-refractivity contribution in [3.05, 3.63) is 33.4 Å². The van der Waals surface area contributed by atoms with Gasteiger partial charge in [0.25, 0.3) is 0 Å². The molecule has 0 aliphatic carbocycles. The van der Waals surface area contributed by atoms with Crippen molar-refractivity contribution in [2.24, 2.45) is 0 Å². The SMILES string of the molecule is [NH]Cc1ccccc1I. The summed E-state index contributed by atoms with van der Waals surface area (Å²) in [6.45, 7) is 0.388. The van der Waals surface area contributed by atoms with Gasteiger partial charge in [0, 0.05) is 10.1 Å². The fourth-order valence-corrected chi connectivity index (χ4v) is 1.22. The monoisotopic (exact) mass is 232 g/mol. The van der Waals surface area contributed by atoms with Crippen molar-refractivity contribution in [2.45, 2.75) is 6.54 Å². The fourth-order valence-electron chi connectivity index (χ4n) is 0.642. The summed E-state index contributed by atoms with van der Waals surface area (Å²) >= 11 is 2.24. The van der Waals surface area contributed by atoms with E-state index in [9.17, 15) is 0 Å². The molecule has 0 atom stereocenters. The van der Waals surface area contributed by atoms with Crippen LogP contribution in [0.4, 0.5) is 0 Å². The zero-order valence-electron chi connectivity index (χ0n) is 4.89. The van der Waals surface area contributed by atoms with Gasteiger partial charge in [-0.3, -0.25) is 5.73 Å². The number of halogens is 1. The average Bonchev–Trinajstić information content (AvgIpc) is 1.89. The van der Waals surface area contributed by atoms with Gasteiger partial charge < -0.3 is 0 Å². The molecule has 0 amide bonds. The first-order valence-electron chi connectivity index (χ1n) is 2.72. The van der Waals surface area contributed by atoms with Gasteiger partial charge in [0.15, 0.2) is 0 Å². The summed E-state index contributed by atoms with van der Waals surface area (Å²) in [6.07, 6.45) is 0. The summed E-state index contributed by atoms with van der Waals surface area (Å²) in [6, 6.07) is 7.95. The van der Waals surface area contributed by atoms with Crippen molar-refractivity contribution in [1.29, 1.82) is 0 Å². The third-order valence-electron chi connectivity index (χ3n) is 1.15. The van der Waals surface area contributed by atoms with Crippen LogP contribution in [0.5, 0.6) is 0 Å². The molecule has 1 aromatic rings. The largest absolute Gasteiger partial charge is 0.253 e. The molecule has 0 aliphatic heterocycles. The molecule has 0 spiro atoms. The van der Waals surface area contributed by atoms with Crippen LogP contribution in [0.1, 0.15) is 5.56 Å². The minimum absolute atomic E-state index is 0.388. The van der Waals surface area contributed by atoms with E-state index in [0.29, 0.717) is 6.54 Å². The molecule has 0 saturated heterocycles. The van der Waals surface area contributed by atoms with Gasteiger partial charge in [0.05, 0.1) is 0 Å². The van der Waals surface area contributed by atoms with Crippen LogP contribution in [0.15, 0.2) is 24.3 Å². The Morgan fingerprint density at radius 2 is 2.00 bits per heavy atom. The molecule has 1 radical (unpaired) electrons. The molecule has 1 nitrogen and oxygen atoms in total. The maximum Gasteiger partial charge on any atom is 0.0361 e. The van der Waals surface area contributed by atoms with Gasteiger partial charge in [-0.05, 0) is 34.2 Å². The number of nitrogens with one attached hydrogen (secondary N) is 1. The molecule has 0 fully saturated rings. The van der Waals surface area contributed by atoms with Gasteiger partial charge in [-0.1, -0.05) is 18.2 Å². The van der Waals surface area contributed by atoms with Crippen molar-refractivity contribution < 1.29 is 0 Å². The third kappa shape index (κ3) is 1.66. The Labute approximate surface area is 68.4 Å². The molecule has 0 aromatic heterocycles. The Morgan fingerprint density at radius 3 is 2.44 bits per heavy atom. The molecule has 9 heavy (non-hydrogen) atoms. The average molecular weight is 232 g/mol. The second-order valence-electron chi connectivity index (χ2n) is 1.77. The van der Waals surface area contributed by atoms with E-state index in [4.69, 9.17) is 5.73 Å². The molecule has 1 N–H and O–H groups in total. The predicted molar refractivity (Wildman–Crippen MR) is 46.0 cm³/mol. The topological polar surface area (TPSA) is 23.8 Å². The molecule has 1 rings (SSSR count). The van der Waals surface area contributed by atoms with Crippen molar-refractivity contribution in [1.82, 2.24) is 5.73 Å². The van der Waals surface area contributed by atoms with Gasteiger partial charge in [-0.25, -0.2) is 0 Å². The molecule has 2 heteroatoms. The van der Waals surface area contributed by atoms with Crippen molar-refractivity contribution in [3.8, 4) is 0 Å². The van der Waals surface area contributed by atoms with Crippen LogP contribution in [0.2, 0.25) is 0 Å². The summed E-state index contributed by atoms with van der Waals surface area (Å²) in [4.78, 5) is 0. The van der Waals surface area contributed by atoms with Gasteiger partial charge >= 0.3 is 0 Å². The van der Waals surface area contributed by atoms with Crippen molar-refractivity contribution in [2.75, 3.05) is 0 Å². The highest BCUT2D eigenvalue weighted by Crippen LogP contribution is 2.09. The number of benzene rings is 1. The molecule has 0 aliphatic rings. The summed E-state index contributed by atoms with van der Waals surface area (Å²) < 4.78 is 1.19. The Kier molecular flexibility index (Phi) is 2.48. The molecule has 0 unspecified atom stereocenters. The van der Waals surface area contributed by atoms with Gasteiger partial charge in [-0.2, -0.15) is 0 Å². The minimum atomic E-state index is 0.388. The lowest BCUT2D eigenvalue weighted by atomic mass is 10.2. The van der Waals surface area contributed by atoms with Crippen molar-refractivity contribution >= 4 is 22.6 Å². The van der Waals surface area contributed by atoms with E-state index in [1.165, 1.54) is 3.57 Å². The van der Waals surface area contributed by atoms with E-state index in [0.717, 1.165) is 5.56 Å². The van der Waals surface area contributed by atoms with Crippen LogP contribution in [0.25, 0.3) is 0 Å². The smallest absolute Gasteiger partial charge is 0.0361 e. The number of hydrogen-bond acceptors (Lipinski definition) is 0. The molecule has 1 aromatic carbocycles. The second-order valence-corrected chi connectivity index (χ2v) is 2.93. The lowest BCUT2D eigenvalue weighted by molar-refractivity contribution is 1.02. The summed E-state index contributed by atoms with van der Waals surface area (Å²) in [5.41, 5.74) is 8.19. The van der Waals surface area contributed by atoms with Crippen LogP contribution in [-0.2, 0) is 6.54 Å². The lowest BCUT2D eigenvalue weighted by Crippen LogP contribution is -1.86. The maximum atomic E-state index is 7.08. The van der Waals surface area contributed by atoms with Gasteiger partial charge in [-0.15, -0.1) is 0 Å². The Hall–Kier alpha value is -0.0900. The molecule has 0 bridgehead atoms. The second kappa shape index (κ2) is 3.17. The highest BCUT2D eigenvalue weighted by atomic mass is 127. The zero-order valence-corrected chi connectivity index (χ0v) is 7.05. The number of rotatable bonds is 1. The fraction of sp³-hybridized carbons (Fsp3) is 0.143. The standard InChI is InChI=1S/C7H7IN/c8-7-4-2-1-3-6(7)5-9/h1-4,9H,5H2. The quantitative estimate of drug-likeness (QED) is 0.662. The molecule has 0 saturated carbocycles. The van der Waals surface area contributed by atoms with Crippen LogP contribution >= 0.6 is 22.6 Å². The Morgan fingerprint density at radius 1 is 1.33 bits per heavy atom. The third-order valence-corrected chi connectivity index (χ3v) is 2.20. The van der Waals surface area contributed by atoms with Crippen molar-refractivity contribution in [3.63, 3.8) is 0 Å². The summed E-state index contributed by atoms with van der Waals surface area (Å²) in [7, 11) is 0. The molecule has 47 valence electrons. The van der Waals surface area contributed by atoms with E-state index >= 15 is 0 Å². The first-order chi connectivity index (χ1) is 4.34. The van der Waals surface area contributed by atoms with Crippen LogP contribution < -0.4 is 5.73 Å². The highest BCUT2D eigenvalue weighted by molar-refractivity contribution is 14.1. The zero-order chi connectivity index (χ0) is 6.69. The Bertz CT molecular complexity index is 198. The summed E-state index contributed by atoms with van der Waals surface area (Å²) in [5.74, 6) is 0. The van der Waals surface area contributed by atoms with E-state index in [1.54, 1.807) is 0 Å². The predicted octanol–water partition coefficient (Wildman–Crippen LogP) is 2.07. The van der Waals surface area contributed by atoms with E-state index in [2.05, 4.69) is 22.6 Å². The van der Waals surface area contributed by atoms with E-state index < -0.39 is 0 Å². The normalized spacial score (nSPS) is 9.56. The first kappa shape index (κ1) is 7.02. The van der Waals surface area contributed by atoms with Gasteiger partial charge in [0.2, 0.25) is 0 Å². The number of hydrogen-bond donors (Lipinski definition) is 0. The minimum Gasteiger partial charge on any atom is -0.253 e. The van der Waals surface area contributed by atoms with E-state index in [1.807, 2.05) is 24.3 Å². The van der Waals surface area contributed by atoms with Crippen LogP contribution in [0.3, 0.4) is 0 Å². The molecular weight excluding hydrogens is 225 g/mol. The molecule has 0 heterocycles. The Balaban J connectivity index is 3.01. The first-order valence-corrected chi connectivity index (χ1v) is 3.80. The molecular formula is C7H7IN. The lowest BCUT2D eigenvalue weighted by Gasteiger charge is -1.96.